The third-order valence-corrected chi connectivity index (χ3v) is 5.00. The van der Waals surface area contributed by atoms with Crippen LogP contribution in [0.5, 0.6) is 5.75 Å². The number of rotatable bonds is 4. The zero-order valence-electron chi connectivity index (χ0n) is 14.7. The molecular formula is C21H17BrN2O3. The number of carbonyl (C=O) groups is 1. The van der Waals surface area contributed by atoms with Crippen molar-refractivity contribution in [2.45, 2.75) is 13.0 Å². The molecular weight excluding hydrogens is 408 g/mol. The number of methoxy groups -OCH3 is 1. The summed E-state index contributed by atoms with van der Waals surface area (Å²) in [7, 11) is 1.64. The highest BCUT2D eigenvalue weighted by atomic mass is 79.9. The van der Waals surface area contributed by atoms with Gasteiger partial charge in [-0.05, 0) is 41.5 Å². The van der Waals surface area contributed by atoms with Crippen molar-refractivity contribution in [3.8, 4) is 5.75 Å². The van der Waals surface area contributed by atoms with Crippen LogP contribution in [-0.2, 0) is 11.3 Å². The van der Waals surface area contributed by atoms with E-state index in [2.05, 4.69) is 20.9 Å². The Labute approximate surface area is 165 Å². The molecule has 1 amide bonds. The van der Waals surface area contributed by atoms with Gasteiger partial charge in [0.15, 0.2) is 12.2 Å². The van der Waals surface area contributed by atoms with E-state index in [1.807, 2.05) is 53.4 Å². The van der Waals surface area contributed by atoms with Gasteiger partial charge in [-0.3, -0.25) is 4.79 Å². The Morgan fingerprint density at radius 2 is 2.04 bits per heavy atom. The number of benzene rings is 2. The largest absolute Gasteiger partial charge is 0.497 e. The second-order valence-corrected chi connectivity index (χ2v) is 7.16. The molecule has 0 fully saturated rings. The number of hydrogen-bond acceptors (Lipinski definition) is 4. The predicted octanol–water partition coefficient (Wildman–Crippen LogP) is 4.92. The van der Waals surface area contributed by atoms with Gasteiger partial charge in [-0.2, -0.15) is 0 Å². The third kappa shape index (κ3) is 3.66. The first-order chi connectivity index (χ1) is 13.1. The van der Waals surface area contributed by atoms with Gasteiger partial charge >= 0.3 is 0 Å². The molecule has 2 heterocycles. The monoisotopic (exact) mass is 424 g/mol. The van der Waals surface area contributed by atoms with E-state index in [1.165, 1.54) is 6.39 Å². The number of oxazole rings is 1. The van der Waals surface area contributed by atoms with Gasteiger partial charge in [0.2, 0.25) is 5.91 Å². The van der Waals surface area contributed by atoms with Crippen molar-refractivity contribution >= 4 is 39.2 Å². The summed E-state index contributed by atoms with van der Waals surface area (Å²) in [5.74, 6) is 1.41. The smallest absolute Gasteiger partial charge is 0.231 e. The molecule has 136 valence electrons. The number of aromatic nitrogens is 1. The van der Waals surface area contributed by atoms with Gasteiger partial charge in [0, 0.05) is 10.0 Å². The van der Waals surface area contributed by atoms with Crippen molar-refractivity contribution in [2.75, 3.05) is 12.0 Å². The topological polar surface area (TPSA) is 55.6 Å². The number of nitrogens with zero attached hydrogens (tertiary/aromatic N) is 2. The van der Waals surface area contributed by atoms with E-state index in [0.29, 0.717) is 12.3 Å². The molecule has 0 bridgehead atoms. The quantitative estimate of drug-likeness (QED) is 0.595. The fraction of sp³-hybridized carbons (Fsp3) is 0.143. The molecule has 0 unspecified atom stereocenters. The summed E-state index contributed by atoms with van der Waals surface area (Å²) in [5.41, 5.74) is 3.67. The van der Waals surface area contributed by atoms with Gasteiger partial charge in [-0.15, -0.1) is 0 Å². The van der Waals surface area contributed by atoms with Gasteiger partial charge < -0.3 is 14.1 Å². The van der Waals surface area contributed by atoms with Gasteiger partial charge in [0.25, 0.3) is 0 Å². The van der Waals surface area contributed by atoms with E-state index in [-0.39, 0.29) is 12.3 Å². The van der Waals surface area contributed by atoms with Crippen LogP contribution in [0.1, 0.15) is 23.3 Å². The maximum absolute atomic E-state index is 13.1. The van der Waals surface area contributed by atoms with Crippen molar-refractivity contribution in [3.63, 3.8) is 0 Å². The summed E-state index contributed by atoms with van der Waals surface area (Å²) >= 11 is 3.52. The molecule has 0 spiro atoms. The summed E-state index contributed by atoms with van der Waals surface area (Å²) < 4.78 is 11.6. The normalized spacial score (nSPS) is 13.8. The molecule has 6 heteroatoms. The molecule has 0 saturated heterocycles. The minimum absolute atomic E-state index is 0.00492. The second kappa shape index (κ2) is 7.40. The van der Waals surface area contributed by atoms with Crippen LogP contribution in [0.15, 0.2) is 63.9 Å². The minimum Gasteiger partial charge on any atom is -0.497 e. The Hall–Kier alpha value is -2.86. The first-order valence-corrected chi connectivity index (χ1v) is 9.25. The molecule has 1 aliphatic heterocycles. The van der Waals surface area contributed by atoms with E-state index in [4.69, 9.17) is 9.15 Å². The molecule has 1 aliphatic rings. The Morgan fingerprint density at radius 3 is 2.74 bits per heavy atom. The third-order valence-electron chi connectivity index (χ3n) is 4.50. The highest BCUT2D eigenvalue weighted by Crippen LogP contribution is 2.35. The van der Waals surface area contributed by atoms with Crippen molar-refractivity contribution < 1.29 is 13.9 Å². The molecule has 0 aliphatic carbocycles. The zero-order valence-corrected chi connectivity index (χ0v) is 16.3. The maximum Gasteiger partial charge on any atom is 0.231 e. The number of hydrogen-bond donors (Lipinski definition) is 0. The fourth-order valence-corrected chi connectivity index (χ4v) is 3.47. The number of carbonyl (C=O) groups excluding carboxylic acids is 1. The molecule has 2 aromatic carbocycles. The Balaban J connectivity index is 1.73. The van der Waals surface area contributed by atoms with Crippen molar-refractivity contribution in [1.82, 2.24) is 4.98 Å². The maximum atomic E-state index is 13.1. The SMILES string of the molecule is COc1ccc(CN2C(=O)CC(c3cnco3)=Cc3ccc(Br)cc32)cc1. The summed E-state index contributed by atoms with van der Waals surface area (Å²) in [4.78, 5) is 18.9. The first-order valence-electron chi connectivity index (χ1n) is 8.46. The number of fused-ring (bicyclic) bond motifs is 1. The number of halogens is 1. The average Bonchev–Trinajstić information content (AvgIpc) is 3.18. The molecule has 0 saturated carbocycles. The molecule has 0 N–H and O–H groups in total. The van der Waals surface area contributed by atoms with Gasteiger partial charge in [0.1, 0.15) is 5.75 Å². The lowest BCUT2D eigenvalue weighted by Gasteiger charge is -2.23. The van der Waals surface area contributed by atoms with E-state index < -0.39 is 0 Å². The average molecular weight is 425 g/mol. The van der Waals surface area contributed by atoms with Gasteiger partial charge in [0.05, 0.1) is 32.0 Å². The Morgan fingerprint density at radius 1 is 1.22 bits per heavy atom. The lowest BCUT2D eigenvalue weighted by molar-refractivity contribution is -0.117. The number of anilines is 1. The van der Waals surface area contributed by atoms with Gasteiger partial charge in [-0.1, -0.05) is 34.1 Å². The van der Waals surface area contributed by atoms with Crippen molar-refractivity contribution in [3.05, 3.63) is 76.4 Å². The van der Waals surface area contributed by atoms with Gasteiger partial charge in [-0.25, -0.2) is 4.98 Å². The van der Waals surface area contributed by atoms with Crippen LogP contribution in [0.3, 0.4) is 0 Å². The predicted molar refractivity (Wildman–Crippen MR) is 107 cm³/mol. The summed E-state index contributed by atoms with van der Waals surface area (Å²) in [6.07, 6.45) is 5.26. The van der Waals surface area contributed by atoms with Crippen LogP contribution < -0.4 is 9.64 Å². The fourth-order valence-electron chi connectivity index (χ4n) is 3.12. The second-order valence-electron chi connectivity index (χ2n) is 6.24. The Kier molecular flexibility index (Phi) is 4.81. The number of amides is 1. The molecule has 0 radical (unpaired) electrons. The van der Waals surface area contributed by atoms with E-state index in [1.54, 1.807) is 13.3 Å². The molecule has 4 rings (SSSR count). The van der Waals surface area contributed by atoms with E-state index in [9.17, 15) is 4.79 Å². The summed E-state index contributed by atoms with van der Waals surface area (Å²) in [5, 5.41) is 0. The van der Waals surface area contributed by atoms with Crippen LogP contribution in [-0.4, -0.2) is 18.0 Å². The highest BCUT2D eigenvalue weighted by Gasteiger charge is 2.25. The van der Waals surface area contributed by atoms with E-state index in [0.717, 1.165) is 32.6 Å². The lowest BCUT2D eigenvalue weighted by atomic mass is 10.1. The molecule has 3 aromatic rings. The van der Waals surface area contributed by atoms with Crippen LogP contribution >= 0.6 is 15.9 Å². The van der Waals surface area contributed by atoms with Crippen LogP contribution in [0.2, 0.25) is 0 Å². The van der Waals surface area contributed by atoms with Crippen LogP contribution in [0.25, 0.3) is 11.6 Å². The van der Waals surface area contributed by atoms with Crippen molar-refractivity contribution in [2.24, 2.45) is 0 Å². The Bertz CT molecular complexity index is 995. The standard InChI is InChI=1S/C21H17BrN2O3/c1-26-18-6-2-14(3-7-18)12-24-19-10-17(22)5-4-15(19)8-16(9-21(24)25)20-11-23-13-27-20/h2-8,10-11,13H,9,12H2,1H3. The highest BCUT2D eigenvalue weighted by molar-refractivity contribution is 9.10. The van der Waals surface area contributed by atoms with Crippen LogP contribution in [0, 0.1) is 0 Å². The number of ether oxygens (including phenoxy) is 1. The lowest BCUT2D eigenvalue weighted by Crippen LogP contribution is -2.30. The zero-order chi connectivity index (χ0) is 18.8. The van der Waals surface area contributed by atoms with E-state index >= 15 is 0 Å². The molecule has 27 heavy (non-hydrogen) atoms. The molecule has 0 atom stereocenters. The summed E-state index contributed by atoms with van der Waals surface area (Å²) in [6.45, 7) is 0.476. The first kappa shape index (κ1) is 17.5. The molecule has 5 nitrogen and oxygen atoms in total. The van der Waals surface area contributed by atoms with Crippen molar-refractivity contribution in [1.29, 1.82) is 0 Å². The van der Waals surface area contributed by atoms with Crippen LogP contribution in [0.4, 0.5) is 5.69 Å². The minimum atomic E-state index is 0.00492. The summed E-state index contributed by atoms with van der Waals surface area (Å²) in [6, 6.07) is 13.7. The molecule has 1 aromatic heterocycles.